The topological polar surface area (TPSA) is 154 Å². The second-order valence-electron chi connectivity index (χ2n) is 5.90. The molecule has 154 valence electrons. The van der Waals surface area contributed by atoms with Gasteiger partial charge in [-0.15, -0.1) is 23.1 Å². The van der Waals surface area contributed by atoms with E-state index in [2.05, 4.69) is 20.4 Å². The Morgan fingerprint density at radius 1 is 1.55 bits per heavy atom. The lowest BCUT2D eigenvalue weighted by atomic mass is 10.2. The van der Waals surface area contributed by atoms with E-state index in [0.29, 0.717) is 21.6 Å². The molecule has 0 spiro atoms. The van der Waals surface area contributed by atoms with E-state index < -0.39 is 36.4 Å². The molecule has 3 N–H and O–H groups in total. The summed E-state index contributed by atoms with van der Waals surface area (Å²) in [5, 5.41) is 25.8. The van der Waals surface area contributed by atoms with E-state index >= 15 is 0 Å². The number of thioether (sulfide) groups is 1. The number of rotatable bonds is 7. The number of nitrogens with zero attached hydrogens (tertiary/aromatic N) is 4. The van der Waals surface area contributed by atoms with Crippen molar-refractivity contribution in [3.05, 3.63) is 27.9 Å². The summed E-state index contributed by atoms with van der Waals surface area (Å²) < 4.78 is 5.00. The van der Waals surface area contributed by atoms with Gasteiger partial charge in [0.25, 0.3) is 17.7 Å². The van der Waals surface area contributed by atoms with Crippen LogP contribution in [0.15, 0.2) is 27.4 Å². The van der Waals surface area contributed by atoms with Crippen LogP contribution in [0.4, 0.5) is 0 Å². The number of hydrogen-bond acceptors (Lipinski definition) is 11. The van der Waals surface area contributed by atoms with Crippen molar-refractivity contribution in [2.75, 3.05) is 26.0 Å². The van der Waals surface area contributed by atoms with Gasteiger partial charge >= 0.3 is 0 Å². The first-order valence-electron chi connectivity index (χ1n) is 8.32. The lowest BCUT2D eigenvalue weighted by Gasteiger charge is -2.17. The van der Waals surface area contributed by atoms with Crippen molar-refractivity contribution in [3.8, 4) is 0 Å². The predicted octanol–water partition coefficient (Wildman–Crippen LogP) is -0.545. The van der Waals surface area contributed by atoms with Gasteiger partial charge in [-0.2, -0.15) is 0 Å². The molecule has 29 heavy (non-hydrogen) atoms. The van der Waals surface area contributed by atoms with Crippen molar-refractivity contribution in [2.24, 2.45) is 10.1 Å². The molecule has 3 heterocycles. The van der Waals surface area contributed by atoms with Crippen LogP contribution in [0.2, 0.25) is 0 Å². The number of hydrogen-bond donors (Lipinski definition) is 3. The van der Waals surface area contributed by atoms with E-state index in [9.17, 15) is 19.5 Å². The van der Waals surface area contributed by atoms with Gasteiger partial charge in [0.15, 0.2) is 0 Å². The number of thiazole rings is 1. The minimum atomic E-state index is -0.816. The number of oxime groups is 1. The van der Waals surface area contributed by atoms with Crippen LogP contribution in [-0.2, 0) is 14.3 Å². The maximum absolute atomic E-state index is 12.6. The zero-order valence-electron chi connectivity index (χ0n) is 15.1. The summed E-state index contributed by atoms with van der Waals surface area (Å²) in [6.45, 7) is -0.366. The molecule has 3 rings (SSSR count). The van der Waals surface area contributed by atoms with Gasteiger partial charge in [0.1, 0.15) is 34.8 Å². The number of amides is 3. The SMILES string of the molecule is COC1=CC(=O)N(C(=O)[C@H]2CSC(C(CO)NC(=O)c3csc(/C=N/O)n3)=N2)C1. The Hall–Kier alpha value is -2.77. The van der Waals surface area contributed by atoms with E-state index in [1.807, 2.05) is 0 Å². The third kappa shape index (κ3) is 4.63. The second kappa shape index (κ2) is 9.15. The van der Waals surface area contributed by atoms with Crippen LogP contribution in [0, 0.1) is 0 Å². The van der Waals surface area contributed by atoms with Crippen LogP contribution in [0.1, 0.15) is 15.5 Å². The molecule has 0 saturated heterocycles. The lowest BCUT2D eigenvalue weighted by molar-refractivity contribution is -0.141. The number of nitrogens with one attached hydrogen (secondary N) is 1. The fourth-order valence-electron chi connectivity index (χ4n) is 2.61. The van der Waals surface area contributed by atoms with Gasteiger partial charge in [0.05, 0.1) is 25.3 Å². The summed E-state index contributed by atoms with van der Waals surface area (Å²) in [7, 11) is 1.42. The number of aliphatic hydroxyl groups is 1. The van der Waals surface area contributed by atoms with Gasteiger partial charge in [0, 0.05) is 17.2 Å². The molecule has 0 fully saturated rings. The second-order valence-corrected chi connectivity index (χ2v) is 7.83. The average molecular weight is 439 g/mol. The molecule has 2 aliphatic heterocycles. The van der Waals surface area contributed by atoms with Crippen LogP contribution in [0.3, 0.4) is 0 Å². The number of ether oxygens (including phenoxy) is 1. The molecule has 1 aromatic rings. The summed E-state index contributed by atoms with van der Waals surface area (Å²) in [5.41, 5.74) is 0.0976. The zero-order chi connectivity index (χ0) is 21.0. The molecule has 3 amide bonds. The standard InChI is InChI=1S/C16H17N5O6S2/c1-27-8-2-13(23)21(4-8)16(25)11-7-29-15(20-11)9(5-22)19-14(24)10-6-28-12(18-10)3-17-26/h2-3,6,9,11,22,26H,4-5,7H2,1H3,(H,19,24)/b17-3+/t9?,11-/m1/s1. The Kier molecular flexibility index (Phi) is 6.61. The number of carbonyl (C=O) groups excluding carboxylic acids is 3. The number of aliphatic imine (C=N–C) groups is 1. The minimum Gasteiger partial charge on any atom is -0.499 e. The largest absolute Gasteiger partial charge is 0.499 e. The van der Waals surface area contributed by atoms with Crippen molar-refractivity contribution in [1.29, 1.82) is 0 Å². The highest BCUT2D eigenvalue weighted by Crippen LogP contribution is 2.24. The van der Waals surface area contributed by atoms with Crippen LogP contribution in [0.25, 0.3) is 0 Å². The quantitative estimate of drug-likeness (QED) is 0.221. The molecule has 0 radical (unpaired) electrons. The fourth-order valence-corrected chi connectivity index (χ4v) is 4.35. The first kappa shape index (κ1) is 21.0. The molecule has 1 unspecified atom stereocenters. The van der Waals surface area contributed by atoms with Crippen molar-refractivity contribution >= 4 is 52.1 Å². The molecule has 11 nitrogen and oxygen atoms in total. The molecule has 0 bridgehead atoms. The van der Waals surface area contributed by atoms with Crippen molar-refractivity contribution in [2.45, 2.75) is 12.1 Å². The average Bonchev–Trinajstić information content (AvgIpc) is 3.45. The van der Waals surface area contributed by atoms with Gasteiger partial charge in [0.2, 0.25) is 0 Å². The number of aromatic nitrogens is 1. The third-order valence-corrected chi connectivity index (χ3v) is 6.01. The van der Waals surface area contributed by atoms with Crippen molar-refractivity contribution in [1.82, 2.24) is 15.2 Å². The Balaban J connectivity index is 1.65. The Morgan fingerprint density at radius 3 is 3.00 bits per heavy atom. The Morgan fingerprint density at radius 2 is 2.34 bits per heavy atom. The van der Waals surface area contributed by atoms with E-state index in [4.69, 9.17) is 9.94 Å². The van der Waals surface area contributed by atoms with E-state index in [1.165, 1.54) is 30.3 Å². The summed E-state index contributed by atoms with van der Waals surface area (Å²) in [6.07, 6.45) is 2.35. The van der Waals surface area contributed by atoms with Crippen LogP contribution in [-0.4, -0.2) is 87.3 Å². The van der Waals surface area contributed by atoms with Crippen LogP contribution >= 0.6 is 23.1 Å². The molecule has 0 aromatic carbocycles. The molecule has 13 heteroatoms. The van der Waals surface area contributed by atoms with Crippen molar-refractivity contribution in [3.63, 3.8) is 0 Å². The molecule has 2 aliphatic rings. The summed E-state index contributed by atoms with van der Waals surface area (Å²) in [6, 6.07) is -1.61. The van der Waals surface area contributed by atoms with Gasteiger partial charge in [-0.25, -0.2) is 4.98 Å². The summed E-state index contributed by atoms with van der Waals surface area (Å²) in [5.74, 6) is -0.776. The molecule has 0 aliphatic carbocycles. The molecule has 0 saturated carbocycles. The molecule has 2 atom stereocenters. The van der Waals surface area contributed by atoms with Crippen LogP contribution in [0.5, 0.6) is 0 Å². The van der Waals surface area contributed by atoms with Gasteiger partial charge < -0.3 is 20.4 Å². The van der Waals surface area contributed by atoms with Crippen molar-refractivity contribution < 1.29 is 29.4 Å². The highest BCUT2D eigenvalue weighted by Gasteiger charge is 2.37. The number of carbonyl (C=O) groups is 3. The smallest absolute Gasteiger partial charge is 0.271 e. The van der Waals surface area contributed by atoms with Gasteiger partial charge in [-0.05, 0) is 0 Å². The normalized spacial score (nSPS) is 20.0. The molecule has 1 aromatic heterocycles. The van der Waals surface area contributed by atoms with Gasteiger partial charge in [-0.3, -0.25) is 24.3 Å². The first-order chi connectivity index (χ1) is 14.0. The zero-order valence-corrected chi connectivity index (χ0v) is 16.8. The Bertz CT molecular complexity index is 911. The first-order valence-corrected chi connectivity index (χ1v) is 10.2. The van der Waals surface area contributed by atoms with Crippen LogP contribution < -0.4 is 5.32 Å². The van der Waals surface area contributed by atoms with E-state index in [1.54, 1.807) is 0 Å². The maximum Gasteiger partial charge on any atom is 0.271 e. The maximum atomic E-state index is 12.6. The Labute approximate surface area is 173 Å². The minimum absolute atomic E-state index is 0.0592. The monoisotopic (exact) mass is 439 g/mol. The highest BCUT2D eigenvalue weighted by atomic mass is 32.2. The van der Waals surface area contributed by atoms with E-state index in [-0.39, 0.29) is 12.2 Å². The summed E-state index contributed by atoms with van der Waals surface area (Å²) >= 11 is 2.34. The predicted molar refractivity (Wildman–Crippen MR) is 105 cm³/mol. The van der Waals surface area contributed by atoms with E-state index in [0.717, 1.165) is 22.5 Å². The third-order valence-electron chi connectivity index (χ3n) is 4.06. The lowest BCUT2D eigenvalue weighted by Crippen LogP contribution is -2.42. The number of imide groups is 1. The highest BCUT2D eigenvalue weighted by molar-refractivity contribution is 8.14. The van der Waals surface area contributed by atoms with Gasteiger partial charge in [-0.1, -0.05) is 5.16 Å². The summed E-state index contributed by atoms with van der Waals surface area (Å²) in [4.78, 5) is 46.2. The number of aliphatic hydroxyl groups excluding tert-OH is 1. The molecular weight excluding hydrogens is 422 g/mol. The number of methoxy groups -OCH3 is 1. The molecular formula is C16H17N5O6S2. The fraction of sp³-hybridized carbons (Fsp3) is 0.375.